The second-order valence-corrected chi connectivity index (χ2v) is 4.58. The van der Waals surface area contributed by atoms with Crippen molar-refractivity contribution in [2.75, 3.05) is 32.8 Å². The summed E-state index contributed by atoms with van der Waals surface area (Å²) in [4.78, 5) is 0. The van der Waals surface area contributed by atoms with Gasteiger partial charge in [-0.1, -0.05) is 0 Å². The van der Waals surface area contributed by atoms with Gasteiger partial charge in [0.1, 0.15) is 5.75 Å². The molecule has 0 saturated heterocycles. The number of alkyl halides is 3. The lowest BCUT2D eigenvalue weighted by molar-refractivity contribution is -0.274. The number of methoxy groups -OCH3 is 3. The highest BCUT2D eigenvalue weighted by atomic mass is 19.4. The number of nitrogens with two attached hydrogens (primary N) is 2. The van der Waals surface area contributed by atoms with Crippen LogP contribution >= 0.6 is 0 Å². The molecule has 0 heterocycles. The standard InChI is InChI=1S/C9H13NO3.C7H6F3NO/c1-11-7-4-6(10)5-8(12-2)9(7)13-3;8-7(9,10)12-6-3-1-5(11)2-4-6/h4-5H,10H2,1-3H3;1-4H,11H2. The highest BCUT2D eigenvalue weighted by molar-refractivity contribution is 5.60. The van der Waals surface area contributed by atoms with Gasteiger partial charge in [-0.2, -0.15) is 0 Å². The lowest BCUT2D eigenvalue weighted by Gasteiger charge is -2.12. The van der Waals surface area contributed by atoms with Crippen molar-refractivity contribution in [3.05, 3.63) is 36.4 Å². The summed E-state index contributed by atoms with van der Waals surface area (Å²) in [6, 6.07) is 8.34. The summed E-state index contributed by atoms with van der Waals surface area (Å²) in [5, 5.41) is 0. The van der Waals surface area contributed by atoms with Crippen LogP contribution in [0.3, 0.4) is 0 Å². The van der Waals surface area contributed by atoms with Gasteiger partial charge in [-0.05, 0) is 24.3 Å². The molecule has 0 aromatic heterocycles. The van der Waals surface area contributed by atoms with E-state index in [2.05, 4.69) is 4.74 Å². The molecule has 9 heteroatoms. The van der Waals surface area contributed by atoms with Crippen LogP contribution in [-0.2, 0) is 0 Å². The average Bonchev–Trinajstić information content (AvgIpc) is 2.55. The van der Waals surface area contributed by atoms with Crippen LogP contribution in [0.1, 0.15) is 0 Å². The maximum absolute atomic E-state index is 11.6. The van der Waals surface area contributed by atoms with Gasteiger partial charge in [-0.25, -0.2) is 0 Å². The Kier molecular flexibility index (Phi) is 7.04. The van der Waals surface area contributed by atoms with Gasteiger partial charge in [0.15, 0.2) is 11.5 Å². The molecule has 0 spiro atoms. The molecule has 0 atom stereocenters. The number of hydrogen-bond donors (Lipinski definition) is 2. The summed E-state index contributed by atoms with van der Waals surface area (Å²) in [7, 11) is 4.66. The predicted octanol–water partition coefficient (Wildman–Crippen LogP) is 3.46. The van der Waals surface area contributed by atoms with Gasteiger partial charge in [-0.15, -0.1) is 13.2 Å². The van der Waals surface area contributed by atoms with Gasteiger partial charge in [0, 0.05) is 23.5 Å². The van der Waals surface area contributed by atoms with Gasteiger partial charge in [-0.3, -0.25) is 0 Å². The first-order valence-electron chi connectivity index (χ1n) is 6.87. The van der Waals surface area contributed by atoms with Crippen LogP contribution in [-0.4, -0.2) is 27.7 Å². The van der Waals surface area contributed by atoms with Gasteiger partial charge in [0.2, 0.25) is 5.75 Å². The topological polar surface area (TPSA) is 89.0 Å². The molecule has 6 nitrogen and oxygen atoms in total. The van der Waals surface area contributed by atoms with Crippen molar-refractivity contribution < 1.29 is 32.1 Å². The molecule has 0 unspecified atom stereocenters. The number of halogens is 3. The molecule has 4 N–H and O–H groups in total. The van der Waals surface area contributed by atoms with Gasteiger partial charge in [0.25, 0.3) is 0 Å². The van der Waals surface area contributed by atoms with E-state index >= 15 is 0 Å². The fourth-order valence-corrected chi connectivity index (χ4v) is 1.77. The van der Waals surface area contributed by atoms with Crippen molar-refractivity contribution >= 4 is 11.4 Å². The third-order valence-corrected chi connectivity index (χ3v) is 2.80. The van der Waals surface area contributed by atoms with Crippen LogP contribution in [0.5, 0.6) is 23.0 Å². The minimum atomic E-state index is -4.64. The molecule has 2 aromatic carbocycles. The minimum Gasteiger partial charge on any atom is -0.493 e. The SMILES string of the molecule is COc1cc(N)cc(OC)c1OC.Nc1ccc(OC(F)(F)F)cc1. The van der Waals surface area contributed by atoms with E-state index in [1.54, 1.807) is 33.5 Å². The van der Waals surface area contributed by atoms with Crippen molar-refractivity contribution in [3.8, 4) is 23.0 Å². The third kappa shape index (κ3) is 6.58. The van der Waals surface area contributed by atoms with E-state index in [0.29, 0.717) is 28.6 Å². The van der Waals surface area contributed by atoms with Crippen LogP contribution in [0.4, 0.5) is 24.5 Å². The van der Waals surface area contributed by atoms with E-state index in [9.17, 15) is 13.2 Å². The zero-order chi connectivity index (χ0) is 19.0. The number of benzene rings is 2. The maximum atomic E-state index is 11.6. The molecule has 138 valence electrons. The van der Waals surface area contributed by atoms with Crippen molar-refractivity contribution in [2.24, 2.45) is 0 Å². The fraction of sp³-hybridized carbons (Fsp3) is 0.250. The number of nitrogen functional groups attached to an aromatic ring is 2. The summed E-state index contributed by atoms with van der Waals surface area (Å²) in [6.45, 7) is 0. The number of anilines is 2. The Labute approximate surface area is 143 Å². The minimum absolute atomic E-state index is 0.267. The monoisotopic (exact) mass is 360 g/mol. The molecule has 25 heavy (non-hydrogen) atoms. The summed E-state index contributed by atoms with van der Waals surface area (Å²) in [5.41, 5.74) is 11.8. The average molecular weight is 360 g/mol. The molecule has 0 aliphatic heterocycles. The number of hydrogen-bond acceptors (Lipinski definition) is 6. The van der Waals surface area contributed by atoms with E-state index < -0.39 is 6.36 Å². The molecule has 0 fully saturated rings. The van der Waals surface area contributed by atoms with Crippen LogP contribution < -0.4 is 30.4 Å². The molecule has 0 bridgehead atoms. The molecule has 2 rings (SSSR count). The zero-order valence-corrected chi connectivity index (χ0v) is 13.9. The van der Waals surface area contributed by atoms with Crippen molar-refractivity contribution in [3.63, 3.8) is 0 Å². The number of ether oxygens (including phenoxy) is 4. The third-order valence-electron chi connectivity index (χ3n) is 2.80. The zero-order valence-electron chi connectivity index (χ0n) is 13.9. The van der Waals surface area contributed by atoms with E-state index in [-0.39, 0.29) is 5.75 Å². The molecular weight excluding hydrogens is 341 g/mol. The normalized spacial score (nSPS) is 10.3. The van der Waals surface area contributed by atoms with Crippen LogP contribution in [0.15, 0.2) is 36.4 Å². The Morgan fingerprint density at radius 3 is 1.60 bits per heavy atom. The lowest BCUT2D eigenvalue weighted by atomic mass is 10.2. The van der Waals surface area contributed by atoms with Gasteiger partial charge >= 0.3 is 6.36 Å². The second-order valence-electron chi connectivity index (χ2n) is 4.58. The second kappa shape index (κ2) is 8.76. The lowest BCUT2D eigenvalue weighted by Crippen LogP contribution is -2.16. The predicted molar refractivity (Wildman–Crippen MR) is 88.0 cm³/mol. The van der Waals surface area contributed by atoms with E-state index in [4.69, 9.17) is 25.7 Å². The van der Waals surface area contributed by atoms with E-state index in [1.807, 2.05) is 0 Å². The Bertz CT molecular complexity index is 651. The Balaban J connectivity index is 0.000000251. The van der Waals surface area contributed by atoms with Gasteiger partial charge < -0.3 is 30.4 Å². The molecule has 0 saturated carbocycles. The first kappa shape index (κ1) is 20.1. The van der Waals surface area contributed by atoms with Crippen LogP contribution in [0, 0.1) is 0 Å². The summed E-state index contributed by atoms with van der Waals surface area (Å²) >= 11 is 0. The summed E-state index contributed by atoms with van der Waals surface area (Å²) in [6.07, 6.45) is -4.64. The molecule has 0 radical (unpaired) electrons. The van der Waals surface area contributed by atoms with Gasteiger partial charge in [0.05, 0.1) is 21.3 Å². The van der Waals surface area contributed by atoms with Crippen molar-refractivity contribution in [2.45, 2.75) is 6.36 Å². The Hall–Kier alpha value is -2.97. The first-order valence-corrected chi connectivity index (χ1v) is 6.87. The quantitative estimate of drug-likeness (QED) is 0.812. The largest absolute Gasteiger partial charge is 0.573 e. The molecule has 0 aliphatic rings. The molecule has 2 aromatic rings. The first-order chi connectivity index (χ1) is 11.7. The molecule has 0 amide bonds. The Morgan fingerprint density at radius 2 is 1.24 bits per heavy atom. The molecular formula is C16H19F3N2O4. The highest BCUT2D eigenvalue weighted by Gasteiger charge is 2.30. The van der Waals surface area contributed by atoms with Crippen molar-refractivity contribution in [1.29, 1.82) is 0 Å². The summed E-state index contributed by atoms with van der Waals surface area (Å²) < 4.78 is 53.6. The van der Waals surface area contributed by atoms with E-state index in [0.717, 1.165) is 12.1 Å². The number of rotatable bonds is 4. The fourth-order valence-electron chi connectivity index (χ4n) is 1.77. The van der Waals surface area contributed by atoms with Crippen molar-refractivity contribution in [1.82, 2.24) is 0 Å². The molecule has 0 aliphatic carbocycles. The smallest absolute Gasteiger partial charge is 0.493 e. The van der Waals surface area contributed by atoms with Crippen LogP contribution in [0.25, 0.3) is 0 Å². The maximum Gasteiger partial charge on any atom is 0.573 e. The Morgan fingerprint density at radius 1 is 0.760 bits per heavy atom. The van der Waals surface area contributed by atoms with Crippen LogP contribution in [0.2, 0.25) is 0 Å². The highest BCUT2D eigenvalue weighted by Crippen LogP contribution is 2.38. The van der Waals surface area contributed by atoms with E-state index in [1.165, 1.54) is 12.1 Å². The summed E-state index contributed by atoms with van der Waals surface area (Å²) in [5.74, 6) is 1.43.